The fourth-order valence-corrected chi connectivity index (χ4v) is 2.06. The Kier molecular flexibility index (Phi) is 3.66. The molecule has 0 aliphatic rings. The van der Waals surface area contributed by atoms with Crippen LogP contribution in [0.2, 0.25) is 0 Å². The molecular weight excluding hydrogens is 225 g/mol. The summed E-state index contributed by atoms with van der Waals surface area (Å²) in [5.41, 5.74) is 5.73. The number of rotatable bonds is 3. The minimum Gasteiger partial charge on any atom is -0.381 e. The van der Waals surface area contributed by atoms with Gasteiger partial charge in [0.05, 0.1) is 0 Å². The van der Waals surface area contributed by atoms with E-state index in [0.29, 0.717) is 0 Å². The number of halogens is 1. The van der Waals surface area contributed by atoms with E-state index in [1.165, 1.54) is 22.8 Å². The molecule has 2 aromatic rings. The minimum atomic E-state index is -0.190. The first-order valence-electron chi connectivity index (χ1n) is 6.12. The van der Waals surface area contributed by atoms with E-state index in [-0.39, 0.29) is 5.82 Å². The molecule has 0 saturated carbocycles. The molecule has 2 rings (SSSR count). The van der Waals surface area contributed by atoms with E-state index in [4.69, 9.17) is 0 Å². The van der Waals surface area contributed by atoms with E-state index >= 15 is 0 Å². The fraction of sp³-hybridized carbons (Fsp3) is 0.250. The van der Waals surface area contributed by atoms with Crippen LogP contribution < -0.4 is 5.32 Å². The molecule has 1 N–H and O–H groups in total. The molecule has 0 atom stereocenters. The second-order valence-electron chi connectivity index (χ2n) is 4.74. The number of hydrogen-bond donors (Lipinski definition) is 1. The highest BCUT2D eigenvalue weighted by Gasteiger charge is 2.02. The highest BCUT2D eigenvalue weighted by molar-refractivity contribution is 5.51. The largest absolute Gasteiger partial charge is 0.381 e. The molecule has 0 aliphatic heterocycles. The van der Waals surface area contributed by atoms with Crippen molar-refractivity contribution in [2.24, 2.45) is 0 Å². The Labute approximate surface area is 108 Å². The lowest BCUT2D eigenvalue weighted by atomic mass is 10.1. The number of benzene rings is 2. The van der Waals surface area contributed by atoms with E-state index in [1.807, 2.05) is 6.92 Å². The smallest absolute Gasteiger partial charge is 0.123 e. The maximum Gasteiger partial charge on any atom is 0.123 e. The Morgan fingerprint density at radius 2 is 1.72 bits per heavy atom. The van der Waals surface area contributed by atoms with Crippen LogP contribution in [-0.2, 0) is 6.54 Å². The standard InChI is InChI=1S/C16H18FN/c1-11-4-5-14(12(2)8-11)10-18-16-7-6-15(17)9-13(16)3/h4-9,18H,10H2,1-3H3. The van der Waals surface area contributed by atoms with Crippen LogP contribution in [0.3, 0.4) is 0 Å². The summed E-state index contributed by atoms with van der Waals surface area (Å²) >= 11 is 0. The predicted octanol–water partition coefficient (Wildman–Crippen LogP) is 4.36. The molecule has 0 spiro atoms. The van der Waals surface area contributed by atoms with Crippen molar-refractivity contribution in [3.05, 3.63) is 64.5 Å². The summed E-state index contributed by atoms with van der Waals surface area (Å²) in [6, 6.07) is 11.2. The second-order valence-corrected chi connectivity index (χ2v) is 4.74. The number of hydrogen-bond acceptors (Lipinski definition) is 1. The summed E-state index contributed by atoms with van der Waals surface area (Å²) in [6.07, 6.45) is 0. The Bertz CT molecular complexity index is 510. The quantitative estimate of drug-likeness (QED) is 0.844. The average molecular weight is 243 g/mol. The first kappa shape index (κ1) is 12.6. The van der Waals surface area contributed by atoms with Crippen LogP contribution in [0.4, 0.5) is 10.1 Å². The lowest BCUT2D eigenvalue weighted by Crippen LogP contribution is -2.03. The third kappa shape index (κ3) is 2.89. The Morgan fingerprint density at radius 1 is 0.944 bits per heavy atom. The molecule has 2 aromatic carbocycles. The summed E-state index contributed by atoms with van der Waals surface area (Å²) in [4.78, 5) is 0. The van der Waals surface area contributed by atoms with E-state index in [0.717, 1.165) is 17.8 Å². The van der Waals surface area contributed by atoms with Gasteiger partial charge in [-0.2, -0.15) is 0 Å². The third-order valence-electron chi connectivity index (χ3n) is 3.16. The highest BCUT2D eigenvalue weighted by atomic mass is 19.1. The molecule has 1 nitrogen and oxygen atoms in total. The zero-order chi connectivity index (χ0) is 13.1. The van der Waals surface area contributed by atoms with E-state index in [9.17, 15) is 4.39 Å². The monoisotopic (exact) mass is 243 g/mol. The summed E-state index contributed by atoms with van der Waals surface area (Å²) < 4.78 is 13.0. The van der Waals surface area contributed by atoms with Crippen LogP contribution in [0.1, 0.15) is 22.3 Å². The molecule has 18 heavy (non-hydrogen) atoms. The van der Waals surface area contributed by atoms with Crippen molar-refractivity contribution >= 4 is 5.69 Å². The van der Waals surface area contributed by atoms with E-state index in [2.05, 4.69) is 37.4 Å². The van der Waals surface area contributed by atoms with Gasteiger partial charge in [-0.25, -0.2) is 4.39 Å². The van der Waals surface area contributed by atoms with Gasteiger partial charge in [0.15, 0.2) is 0 Å². The minimum absolute atomic E-state index is 0.190. The molecule has 0 aromatic heterocycles. The van der Waals surface area contributed by atoms with E-state index < -0.39 is 0 Å². The fourth-order valence-electron chi connectivity index (χ4n) is 2.06. The predicted molar refractivity (Wildman–Crippen MR) is 74.4 cm³/mol. The molecule has 0 amide bonds. The number of nitrogens with one attached hydrogen (secondary N) is 1. The maximum atomic E-state index is 13.0. The normalized spacial score (nSPS) is 10.4. The SMILES string of the molecule is Cc1ccc(CNc2ccc(F)cc2C)c(C)c1. The van der Waals surface area contributed by atoms with Crippen molar-refractivity contribution in [1.82, 2.24) is 0 Å². The van der Waals surface area contributed by atoms with Gasteiger partial charge in [0, 0.05) is 12.2 Å². The van der Waals surface area contributed by atoms with Gasteiger partial charge in [-0.1, -0.05) is 23.8 Å². The number of aryl methyl sites for hydroxylation is 3. The van der Waals surface area contributed by atoms with Gasteiger partial charge < -0.3 is 5.32 Å². The molecule has 0 saturated heterocycles. The van der Waals surface area contributed by atoms with E-state index in [1.54, 1.807) is 12.1 Å². The van der Waals surface area contributed by atoms with Crippen molar-refractivity contribution in [3.8, 4) is 0 Å². The molecule has 0 aliphatic carbocycles. The molecule has 0 unspecified atom stereocenters. The van der Waals surface area contributed by atoms with Crippen molar-refractivity contribution < 1.29 is 4.39 Å². The first-order valence-corrected chi connectivity index (χ1v) is 6.12. The maximum absolute atomic E-state index is 13.0. The van der Waals surface area contributed by atoms with Crippen molar-refractivity contribution in [3.63, 3.8) is 0 Å². The molecule has 0 bridgehead atoms. The summed E-state index contributed by atoms with van der Waals surface area (Å²) in [7, 11) is 0. The highest BCUT2D eigenvalue weighted by Crippen LogP contribution is 2.18. The lowest BCUT2D eigenvalue weighted by Gasteiger charge is -2.12. The average Bonchev–Trinajstić information content (AvgIpc) is 2.30. The van der Waals surface area contributed by atoms with Crippen LogP contribution in [-0.4, -0.2) is 0 Å². The van der Waals surface area contributed by atoms with Crippen molar-refractivity contribution in [1.29, 1.82) is 0 Å². The number of anilines is 1. The second kappa shape index (κ2) is 5.21. The lowest BCUT2D eigenvalue weighted by molar-refractivity contribution is 0.627. The molecule has 94 valence electrons. The van der Waals surface area contributed by atoms with Gasteiger partial charge in [0.2, 0.25) is 0 Å². The van der Waals surface area contributed by atoms with Crippen molar-refractivity contribution in [2.45, 2.75) is 27.3 Å². The summed E-state index contributed by atoms with van der Waals surface area (Å²) in [5, 5.41) is 3.35. The van der Waals surface area contributed by atoms with Crippen LogP contribution in [0.15, 0.2) is 36.4 Å². The van der Waals surface area contributed by atoms with Gasteiger partial charge in [0.1, 0.15) is 5.82 Å². The zero-order valence-corrected chi connectivity index (χ0v) is 11.0. The first-order chi connectivity index (χ1) is 8.56. The van der Waals surface area contributed by atoms with Gasteiger partial charge in [-0.15, -0.1) is 0 Å². The van der Waals surface area contributed by atoms with Crippen LogP contribution in [0.25, 0.3) is 0 Å². The summed E-state index contributed by atoms with van der Waals surface area (Å²) in [5.74, 6) is -0.190. The van der Waals surface area contributed by atoms with Crippen LogP contribution in [0, 0.1) is 26.6 Å². The topological polar surface area (TPSA) is 12.0 Å². The zero-order valence-electron chi connectivity index (χ0n) is 11.0. The molecule has 0 heterocycles. The molecule has 2 heteroatoms. The third-order valence-corrected chi connectivity index (χ3v) is 3.16. The molecular formula is C16H18FN. The van der Waals surface area contributed by atoms with Gasteiger partial charge in [-0.05, 0) is 55.7 Å². The van der Waals surface area contributed by atoms with Crippen molar-refractivity contribution in [2.75, 3.05) is 5.32 Å². The van der Waals surface area contributed by atoms with Gasteiger partial charge in [0.25, 0.3) is 0 Å². The Balaban J connectivity index is 2.11. The van der Waals surface area contributed by atoms with Gasteiger partial charge in [-0.3, -0.25) is 0 Å². The summed E-state index contributed by atoms with van der Waals surface area (Å²) in [6.45, 7) is 6.88. The van der Waals surface area contributed by atoms with Crippen LogP contribution in [0.5, 0.6) is 0 Å². The Hall–Kier alpha value is -1.83. The Morgan fingerprint density at radius 3 is 2.39 bits per heavy atom. The molecule has 0 radical (unpaired) electrons. The molecule has 0 fully saturated rings. The van der Waals surface area contributed by atoms with Gasteiger partial charge >= 0.3 is 0 Å². The van der Waals surface area contributed by atoms with Crippen LogP contribution >= 0.6 is 0 Å².